The minimum Gasteiger partial charge on any atom is -0.356 e. The number of piperidine rings is 1. The van der Waals surface area contributed by atoms with Crippen LogP contribution in [0.5, 0.6) is 0 Å². The van der Waals surface area contributed by atoms with Gasteiger partial charge in [0.2, 0.25) is 5.91 Å². The fraction of sp³-hybridized carbons (Fsp3) is 0.417. The monoisotopic (exact) mass is 437 g/mol. The quantitative estimate of drug-likeness (QED) is 0.517. The minimum absolute atomic E-state index is 0.0952. The fourth-order valence-electron chi connectivity index (χ4n) is 4.32. The molecule has 1 saturated heterocycles. The Kier molecular flexibility index (Phi) is 6.66. The number of hydrogen-bond donors (Lipinski definition) is 0. The standard InChI is InChI=1S/C24H28ClN5O/c1-3-11-29(4-2)24(31)17-7-12-30(13-8-17)23-20-6-9-26-16-19(20)14-21(28-23)18-5-10-27-22(25)15-18/h5-6,9-10,14-17H,3-4,7-8,11-13H2,1-2H3. The number of carbonyl (C=O) groups is 1. The summed E-state index contributed by atoms with van der Waals surface area (Å²) in [7, 11) is 0. The average molecular weight is 438 g/mol. The topological polar surface area (TPSA) is 62.2 Å². The molecule has 31 heavy (non-hydrogen) atoms. The molecule has 1 aliphatic heterocycles. The predicted octanol–water partition coefficient (Wildman–Crippen LogP) is 4.82. The maximum absolute atomic E-state index is 12.9. The molecular weight excluding hydrogens is 410 g/mol. The molecule has 3 aromatic heterocycles. The molecular formula is C24H28ClN5O. The minimum atomic E-state index is 0.0952. The first-order valence-corrected chi connectivity index (χ1v) is 11.4. The summed E-state index contributed by atoms with van der Waals surface area (Å²) in [6, 6.07) is 7.79. The van der Waals surface area contributed by atoms with Crippen LogP contribution >= 0.6 is 11.6 Å². The smallest absolute Gasteiger partial charge is 0.225 e. The van der Waals surface area contributed by atoms with Crippen LogP contribution in [0.15, 0.2) is 42.9 Å². The summed E-state index contributed by atoms with van der Waals surface area (Å²) in [6.45, 7) is 7.42. The average Bonchev–Trinajstić information content (AvgIpc) is 2.81. The molecule has 3 aromatic rings. The van der Waals surface area contributed by atoms with Crippen molar-refractivity contribution >= 4 is 34.1 Å². The van der Waals surface area contributed by atoms with Crippen molar-refractivity contribution in [3.8, 4) is 11.3 Å². The Bertz CT molecular complexity index is 1060. The Labute approximate surface area is 188 Å². The van der Waals surface area contributed by atoms with E-state index >= 15 is 0 Å². The lowest BCUT2D eigenvalue weighted by Gasteiger charge is -2.35. The number of halogens is 1. The van der Waals surface area contributed by atoms with Crippen molar-refractivity contribution in [3.63, 3.8) is 0 Å². The van der Waals surface area contributed by atoms with E-state index in [1.165, 1.54) is 0 Å². The molecule has 0 saturated carbocycles. The van der Waals surface area contributed by atoms with Gasteiger partial charge in [-0.15, -0.1) is 0 Å². The Morgan fingerprint density at radius 3 is 2.71 bits per heavy atom. The van der Waals surface area contributed by atoms with Gasteiger partial charge in [0.15, 0.2) is 0 Å². The summed E-state index contributed by atoms with van der Waals surface area (Å²) in [4.78, 5) is 30.6. The van der Waals surface area contributed by atoms with Gasteiger partial charge in [-0.3, -0.25) is 9.78 Å². The lowest BCUT2D eigenvalue weighted by Crippen LogP contribution is -2.43. The highest BCUT2D eigenvalue weighted by molar-refractivity contribution is 6.29. The number of aromatic nitrogens is 3. The summed E-state index contributed by atoms with van der Waals surface area (Å²) in [5, 5.41) is 2.55. The van der Waals surface area contributed by atoms with Gasteiger partial charge >= 0.3 is 0 Å². The zero-order chi connectivity index (χ0) is 21.8. The van der Waals surface area contributed by atoms with Gasteiger partial charge in [-0.25, -0.2) is 9.97 Å². The summed E-state index contributed by atoms with van der Waals surface area (Å²) in [6.07, 6.45) is 8.05. The van der Waals surface area contributed by atoms with E-state index in [0.717, 1.165) is 73.3 Å². The summed E-state index contributed by atoms with van der Waals surface area (Å²) in [5.74, 6) is 1.33. The third-order valence-corrected chi connectivity index (χ3v) is 6.17. The first-order valence-electron chi connectivity index (χ1n) is 11.0. The molecule has 0 spiro atoms. The zero-order valence-corrected chi connectivity index (χ0v) is 18.8. The van der Waals surface area contributed by atoms with Crippen molar-refractivity contribution < 1.29 is 4.79 Å². The lowest BCUT2D eigenvalue weighted by molar-refractivity contribution is -0.136. The van der Waals surface area contributed by atoms with E-state index in [2.05, 4.69) is 28.7 Å². The number of rotatable bonds is 6. The molecule has 4 rings (SSSR count). The molecule has 162 valence electrons. The SMILES string of the molecule is CCCN(CC)C(=O)C1CCN(c2nc(-c3ccnc(Cl)c3)cc3cnccc23)CC1. The maximum atomic E-state index is 12.9. The van der Waals surface area contributed by atoms with Crippen molar-refractivity contribution in [2.75, 3.05) is 31.1 Å². The fourth-order valence-corrected chi connectivity index (χ4v) is 4.49. The van der Waals surface area contributed by atoms with Crippen molar-refractivity contribution in [1.82, 2.24) is 19.9 Å². The van der Waals surface area contributed by atoms with Crippen LogP contribution in [-0.2, 0) is 4.79 Å². The van der Waals surface area contributed by atoms with Gasteiger partial charge in [0.25, 0.3) is 0 Å². The molecule has 0 N–H and O–H groups in total. The highest BCUT2D eigenvalue weighted by Crippen LogP contribution is 2.32. The zero-order valence-electron chi connectivity index (χ0n) is 18.1. The molecule has 0 aromatic carbocycles. The van der Waals surface area contributed by atoms with E-state index in [1.54, 1.807) is 12.4 Å². The molecule has 1 fully saturated rings. The second-order valence-corrected chi connectivity index (χ2v) is 8.36. The molecule has 4 heterocycles. The number of pyridine rings is 3. The van der Waals surface area contributed by atoms with Crippen LogP contribution in [0, 0.1) is 5.92 Å². The summed E-state index contributed by atoms with van der Waals surface area (Å²) >= 11 is 6.11. The first-order chi connectivity index (χ1) is 15.1. The van der Waals surface area contributed by atoms with Gasteiger partial charge < -0.3 is 9.80 Å². The molecule has 6 nitrogen and oxygen atoms in total. The Balaban J connectivity index is 1.61. The van der Waals surface area contributed by atoms with E-state index in [4.69, 9.17) is 16.6 Å². The van der Waals surface area contributed by atoms with Crippen LogP contribution in [0.4, 0.5) is 5.82 Å². The van der Waals surface area contributed by atoms with E-state index in [9.17, 15) is 4.79 Å². The highest BCUT2D eigenvalue weighted by Gasteiger charge is 2.29. The van der Waals surface area contributed by atoms with Gasteiger partial charge in [0.05, 0.1) is 5.69 Å². The van der Waals surface area contributed by atoms with Crippen LogP contribution < -0.4 is 4.90 Å². The Hall–Kier alpha value is -2.73. The predicted molar refractivity (Wildman–Crippen MR) is 125 cm³/mol. The van der Waals surface area contributed by atoms with Crippen LogP contribution in [0.25, 0.3) is 22.0 Å². The molecule has 1 amide bonds. The van der Waals surface area contributed by atoms with Gasteiger partial charge in [0.1, 0.15) is 11.0 Å². The molecule has 1 aliphatic rings. The Morgan fingerprint density at radius 2 is 2.00 bits per heavy atom. The van der Waals surface area contributed by atoms with Crippen molar-refractivity contribution in [2.24, 2.45) is 5.92 Å². The number of amides is 1. The molecule has 0 atom stereocenters. The van der Waals surface area contributed by atoms with Crippen LogP contribution in [-0.4, -0.2) is 51.9 Å². The number of nitrogens with zero attached hydrogens (tertiary/aromatic N) is 5. The normalized spacial score (nSPS) is 14.7. The Morgan fingerprint density at radius 1 is 1.19 bits per heavy atom. The molecule has 0 radical (unpaired) electrons. The largest absolute Gasteiger partial charge is 0.356 e. The van der Waals surface area contributed by atoms with E-state index in [1.807, 2.05) is 35.4 Å². The van der Waals surface area contributed by atoms with Gasteiger partial charge in [0, 0.05) is 67.0 Å². The number of hydrogen-bond acceptors (Lipinski definition) is 5. The second-order valence-electron chi connectivity index (χ2n) is 7.97. The highest BCUT2D eigenvalue weighted by atomic mass is 35.5. The van der Waals surface area contributed by atoms with Gasteiger partial charge in [-0.05, 0) is 50.5 Å². The van der Waals surface area contributed by atoms with Crippen molar-refractivity contribution in [2.45, 2.75) is 33.1 Å². The van der Waals surface area contributed by atoms with Crippen LogP contribution in [0.2, 0.25) is 5.15 Å². The third-order valence-electron chi connectivity index (χ3n) is 5.96. The van der Waals surface area contributed by atoms with Crippen LogP contribution in [0.1, 0.15) is 33.1 Å². The van der Waals surface area contributed by atoms with Crippen LogP contribution in [0.3, 0.4) is 0 Å². The maximum Gasteiger partial charge on any atom is 0.225 e. The van der Waals surface area contributed by atoms with E-state index in [0.29, 0.717) is 11.1 Å². The number of fused-ring (bicyclic) bond motifs is 1. The molecule has 0 bridgehead atoms. The first kappa shape index (κ1) is 21.5. The van der Waals surface area contributed by atoms with Crippen molar-refractivity contribution in [1.29, 1.82) is 0 Å². The van der Waals surface area contributed by atoms with Gasteiger partial charge in [-0.1, -0.05) is 18.5 Å². The second kappa shape index (κ2) is 9.60. The molecule has 0 unspecified atom stereocenters. The van der Waals surface area contributed by atoms with E-state index in [-0.39, 0.29) is 5.92 Å². The lowest BCUT2D eigenvalue weighted by atomic mass is 9.94. The van der Waals surface area contributed by atoms with E-state index < -0.39 is 0 Å². The number of carbonyl (C=O) groups excluding carboxylic acids is 1. The third kappa shape index (κ3) is 4.64. The van der Waals surface area contributed by atoms with Crippen molar-refractivity contribution in [3.05, 3.63) is 48.0 Å². The summed E-state index contributed by atoms with van der Waals surface area (Å²) < 4.78 is 0. The molecule has 7 heteroatoms. The van der Waals surface area contributed by atoms with Gasteiger partial charge in [-0.2, -0.15) is 0 Å². The summed E-state index contributed by atoms with van der Waals surface area (Å²) in [5.41, 5.74) is 1.77. The molecule has 0 aliphatic carbocycles. The number of anilines is 1.